The highest BCUT2D eigenvalue weighted by Crippen LogP contribution is 2.10. The number of hydrogen-bond donors (Lipinski definition) is 2. The van der Waals surface area contributed by atoms with Crippen LogP contribution in [0.15, 0.2) is 36.5 Å². The zero-order chi connectivity index (χ0) is 22.2. The molecule has 7 heteroatoms. The largest absolute Gasteiger partial charge is 0.450 e. The Morgan fingerprint density at radius 2 is 1.79 bits per heavy atom. The lowest BCUT2D eigenvalue weighted by Crippen LogP contribution is -2.52. The number of nitrogens with one attached hydrogen (secondary N) is 2. The summed E-state index contributed by atoms with van der Waals surface area (Å²) in [6, 6.07) is -1.92. The van der Waals surface area contributed by atoms with Gasteiger partial charge in [0.2, 0.25) is 11.7 Å². The van der Waals surface area contributed by atoms with Crippen LogP contribution in [0.4, 0.5) is 4.79 Å². The summed E-state index contributed by atoms with van der Waals surface area (Å²) in [6.07, 6.45) is 8.83. The molecule has 0 aromatic carbocycles. The van der Waals surface area contributed by atoms with Gasteiger partial charge in [-0.1, -0.05) is 57.2 Å². The summed E-state index contributed by atoms with van der Waals surface area (Å²) in [5.74, 6) is -1.18. The highest BCUT2D eigenvalue weighted by molar-refractivity contribution is 6.28. The maximum absolute atomic E-state index is 12.7. The maximum atomic E-state index is 12.7. The molecule has 2 atom stereocenters. The number of alkyl carbamates (subject to hydrolysis) is 1. The van der Waals surface area contributed by atoms with Crippen molar-refractivity contribution in [2.24, 2.45) is 5.92 Å². The molecule has 0 fully saturated rings. The highest BCUT2D eigenvalue weighted by Gasteiger charge is 2.27. The second-order valence-corrected chi connectivity index (χ2v) is 7.11. The smallest absolute Gasteiger partial charge is 0.407 e. The quantitative estimate of drug-likeness (QED) is 0.200. The molecule has 0 spiro atoms. The van der Waals surface area contributed by atoms with E-state index in [1.165, 1.54) is 0 Å². The number of aldehydes is 1. The number of rotatable bonds is 14. The standard InChI is InChI=1S/C22H34N2O5/c1-6-8-9-10-11-17(5)14-18(20(26)15-25)23-21(27)19(13-16(3)4)24-22(28)29-12-7-2/h6,8,10-11,15-16,18-19H,5,7,9,12-14H2,1-4H3,(H,23,27)(H,24,28)/b8-6-,11-10-/t18-,19?/m0/s1. The molecule has 2 N–H and O–H groups in total. The Morgan fingerprint density at radius 1 is 1.10 bits per heavy atom. The summed E-state index contributed by atoms with van der Waals surface area (Å²) in [6.45, 7) is 11.7. The van der Waals surface area contributed by atoms with Crippen LogP contribution in [0, 0.1) is 5.92 Å². The van der Waals surface area contributed by atoms with Gasteiger partial charge in [-0.25, -0.2) is 4.79 Å². The van der Waals surface area contributed by atoms with Crippen molar-refractivity contribution in [2.75, 3.05) is 6.61 Å². The van der Waals surface area contributed by atoms with Crippen molar-refractivity contribution in [2.45, 2.75) is 65.5 Å². The Morgan fingerprint density at radius 3 is 2.34 bits per heavy atom. The predicted octanol–water partition coefficient (Wildman–Crippen LogP) is 3.26. The number of amides is 2. The van der Waals surface area contributed by atoms with E-state index in [9.17, 15) is 19.2 Å². The van der Waals surface area contributed by atoms with Gasteiger partial charge >= 0.3 is 6.09 Å². The van der Waals surface area contributed by atoms with Crippen LogP contribution in [-0.4, -0.2) is 42.8 Å². The lowest BCUT2D eigenvalue weighted by Gasteiger charge is -2.23. The molecular formula is C22H34N2O5. The number of carbonyl (C=O) groups excluding carboxylic acids is 4. The van der Waals surface area contributed by atoms with Crippen molar-refractivity contribution in [3.63, 3.8) is 0 Å². The van der Waals surface area contributed by atoms with Crippen molar-refractivity contribution in [1.82, 2.24) is 10.6 Å². The molecule has 0 aliphatic carbocycles. The van der Waals surface area contributed by atoms with Crippen molar-refractivity contribution in [3.8, 4) is 0 Å². The van der Waals surface area contributed by atoms with Crippen molar-refractivity contribution < 1.29 is 23.9 Å². The van der Waals surface area contributed by atoms with Gasteiger partial charge in [0.1, 0.15) is 6.04 Å². The van der Waals surface area contributed by atoms with E-state index in [2.05, 4.69) is 17.2 Å². The van der Waals surface area contributed by atoms with Crippen LogP contribution in [0.3, 0.4) is 0 Å². The lowest BCUT2D eigenvalue weighted by molar-refractivity contribution is -0.133. The van der Waals surface area contributed by atoms with Gasteiger partial charge in [-0.05, 0) is 38.5 Å². The van der Waals surface area contributed by atoms with E-state index in [0.717, 1.165) is 0 Å². The molecule has 0 heterocycles. The minimum absolute atomic E-state index is 0.102. The van der Waals surface area contributed by atoms with E-state index in [0.29, 0.717) is 24.8 Å². The molecule has 2 amide bonds. The molecular weight excluding hydrogens is 372 g/mol. The van der Waals surface area contributed by atoms with E-state index >= 15 is 0 Å². The lowest BCUT2D eigenvalue weighted by atomic mass is 10.00. The third-order valence-corrected chi connectivity index (χ3v) is 3.86. The van der Waals surface area contributed by atoms with Crippen LogP contribution < -0.4 is 10.6 Å². The third-order valence-electron chi connectivity index (χ3n) is 3.86. The molecule has 0 aromatic heterocycles. The fraction of sp³-hybridized carbons (Fsp3) is 0.545. The fourth-order valence-corrected chi connectivity index (χ4v) is 2.44. The van der Waals surface area contributed by atoms with E-state index < -0.39 is 29.9 Å². The van der Waals surface area contributed by atoms with Crippen molar-refractivity contribution in [1.29, 1.82) is 0 Å². The molecule has 0 aliphatic heterocycles. The molecule has 1 unspecified atom stereocenters. The summed E-state index contributed by atoms with van der Waals surface area (Å²) in [4.78, 5) is 47.6. The number of allylic oxidation sites excluding steroid dienone is 4. The Balaban J connectivity index is 5.14. The molecule has 7 nitrogen and oxygen atoms in total. The van der Waals surface area contributed by atoms with Crippen LogP contribution in [0.5, 0.6) is 0 Å². The van der Waals surface area contributed by atoms with Crippen LogP contribution >= 0.6 is 0 Å². The minimum atomic E-state index is -1.04. The van der Waals surface area contributed by atoms with Crippen LogP contribution in [0.2, 0.25) is 0 Å². The third kappa shape index (κ3) is 12.4. The predicted molar refractivity (Wildman–Crippen MR) is 113 cm³/mol. The van der Waals surface area contributed by atoms with Gasteiger partial charge in [-0.3, -0.25) is 14.4 Å². The number of carbonyl (C=O) groups is 4. The topological polar surface area (TPSA) is 102 Å². The number of hydrogen-bond acceptors (Lipinski definition) is 5. The summed E-state index contributed by atoms with van der Waals surface area (Å²) < 4.78 is 4.97. The van der Waals surface area contributed by atoms with Crippen molar-refractivity contribution >= 4 is 24.1 Å². The molecule has 0 saturated heterocycles. The molecule has 0 bridgehead atoms. The van der Waals surface area contributed by atoms with Gasteiger partial charge in [0.15, 0.2) is 6.29 Å². The van der Waals surface area contributed by atoms with E-state index in [1.54, 1.807) is 6.08 Å². The van der Waals surface area contributed by atoms with Crippen LogP contribution in [0.1, 0.15) is 53.4 Å². The average molecular weight is 407 g/mol. The molecule has 29 heavy (non-hydrogen) atoms. The van der Waals surface area contributed by atoms with Crippen LogP contribution in [-0.2, 0) is 19.1 Å². The Kier molecular flexibility index (Phi) is 13.8. The Labute approximate surface area is 173 Å². The van der Waals surface area contributed by atoms with Gasteiger partial charge in [0, 0.05) is 0 Å². The first kappa shape index (κ1) is 26.3. The monoisotopic (exact) mass is 406 g/mol. The van der Waals surface area contributed by atoms with Gasteiger partial charge in [0.25, 0.3) is 0 Å². The Bertz CT molecular complexity index is 623. The molecule has 162 valence electrons. The summed E-state index contributed by atoms with van der Waals surface area (Å²) in [7, 11) is 0. The number of Topliss-reactive ketones (excluding diaryl/α,β-unsaturated/α-hetero) is 1. The fourth-order valence-electron chi connectivity index (χ4n) is 2.44. The molecule has 0 radical (unpaired) electrons. The second-order valence-electron chi connectivity index (χ2n) is 7.11. The minimum Gasteiger partial charge on any atom is -0.450 e. The first-order valence-corrected chi connectivity index (χ1v) is 9.93. The average Bonchev–Trinajstić information content (AvgIpc) is 2.67. The molecule has 0 saturated carbocycles. The van der Waals surface area contributed by atoms with E-state index in [-0.39, 0.29) is 25.2 Å². The second kappa shape index (κ2) is 15.2. The van der Waals surface area contributed by atoms with E-state index in [1.807, 2.05) is 45.9 Å². The van der Waals surface area contributed by atoms with Gasteiger partial charge in [-0.2, -0.15) is 0 Å². The normalized spacial score (nSPS) is 13.3. The zero-order valence-corrected chi connectivity index (χ0v) is 17.9. The summed E-state index contributed by atoms with van der Waals surface area (Å²) in [5.41, 5.74) is 0.603. The summed E-state index contributed by atoms with van der Waals surface area (Å²) >= 11 is 0. The first-order chi connectivity index (χ1) is 13.7. The highest BCUT2D eigenvalue weighted by atomic mass is 16.5. The zero-order valence-electron chi connectivity index (χ0n) is 17.9. The Hall–Kier alpha value is -2.70. The SMILES string of the molecule is C=C(/C=C\C/C=C\C)C[C@H](NC(=O)C(CC(C)C)NC(=O)OCCC)C(=O)C=O. The van der Waals surface area contributed by atoms with Crippen molar-refractivity contribution in [3.05, 3.63) is 36.5 Å². The number of ether oxygens (including phenoxy) is 1. The molecule has 0 aliphatic rings. The van der Waals surface area contributed by atoms with Gasteiger partial charge in [-0.15, -0.1) is 0 Å². The van der Waals surface area contributed by atoms with Crippen LogP contribution in [0.25, 0.3) is 0 Å². The molecule has 0 aromatic rings. The maximum Gasteiger partial charge on any atom is 0.407 e. The molecule has 0 rings (SSSR count). The van der Waals surface area contributed by atoms with Gasteiger partial charge in [0.05, 0.1) is 12.6 Å². The number of ketones is 1. The summed E-state index contributed by atoms with van der Waals surface area (Å²) in [5, 5.41) is 5.10. The van der Waals surface area contributed by atoms with Gasteiger partial charge < -0.3 is 15.4 Å². The first-order valence-electron chi connectivity index (χ1n) is 9.93. The van der Waals surface area contributed by atoms with E-state index in [4.69, 9.17) is 4.74 Å².